The zero-order chi connectivity index (χ0) is 38.0. The summed E-state index contributed by atoms with van der Waals surface area (Å²) in [5.74, 6) is 1.58. The maximum absolute atomic E-state index is 13.4. The summed E-state index contributed by atoms with van der Waals surface area (Å²) in [6.45, 7) is 3.88. The summed E-state index contributed by atoms with van der Waals surface area (Å²) >= 11 is 0. The number of aromatic nitrogens is 2. The van der Waals surface area contributed by atoms with Gasteiger partial charge in [0.25, 0.3) is 0 Å². The summed E-state index contributed by atoms with van der Waals surface area (Å²) in [6, 6.07) is 39.8. The van der Waals surface area contributed by atoms with E-state index in [0.717, 1.165) is 89.7 Å². The molecule has 6 aromatic rings. The molecule has 0 spiro atoms. The van der Waals surface area contributed by atoms with Crippen molar-refractivity contribution >= 4 is 34.1 Å². The second kappa shape index (κ2) is 17.9. The number of hydrogen-bond donors (Lipinski definition) is 2. The van der Waals surface area contributed by atoms with Gasteiger partial charge in [0.05, 0.1) is 30.4 Å². The summed E-state index contributed by atoms with van der Waals surface area (Å²) in [6.07, 6.45) is 3.22. The molecule has 2 heterocycles. The Kier molecular flexibility index (Phi) is 12.6. The molecule has 0 atom stereocenters. The lowest BCUT2D eigenvalue weighted by Crippen LogP contribution is -2.40. The Hall–Kier alpha value is -5.67. The first-order valence-electron chi connectivity index (χ1n) is 18.6. The van der Waals surface area contributed by atoms with Crippen LogP contribution in [0.5, 0.6) is 5.75 Å². The molecular formula is C45H52FN7O. The number of imidazole rings is 1. The van der Waals surface area contributed by atoms with Crippen LogP contribution >= 0.6 is 0 Å². The first-order valence-corrected chi connectivity index (χ1v) is 18.6. The highest BCUT2D eigenvalue weighted by molar-refractivity contribution is 6.11. The third-order valence-corrected chi connectivity index (χ3v) is 10.0. The molecule has 7 rings (SSSR count). The number of hydrogen-bond acceptors (Lipinski definition) is 7. The van der Waals surface area contributed by atoms with Gasteiger partial charge in [0.15, 0.2) is 0 Å². The smallest absolute Gasteiger partial charge is 0.204 e. The van der Waals surface area contributed by atoms with Crippen LogP contribution in [0.3, 0.4) is 0 Å². The van der Waals surface area contributed by atoms with E-state index in [0.29, 0.717) is 18.3 Å². The molecule has 280 valence electrons. The standard InChI is InChI=1S/C28H31FN4O.C17H21N3/c1-34-25-12-8-21(9-13-25)14-17-32-18-15-24(16-19-32)30-28-31-26-4-2-3-5-27(26)33(28)20-22-6-10-23(29)11-7-22;1-19(2)15-9-5-13(6-10-15)17(18)14-7-11-16(12-8-14)20(3)4/h2-13,24H,14-20H2,1H3,(H,30,31);5-12,18H,1-4H3. The molecule has 1 aliphatic heterocycles. The van der Waals surface area contributed by atoms with E-state index < -0.39 is 0 Å². The number of benzene rings is 5. The Morgan fingerprint density at radius 3 is 1.87 bits per heavy atom. The van der Waals surface area contributed by atoms with Gasteiger partial charge >= 0.3 is 0 Å². The largest absolute Gasteiger partial charge is 0.497 e. The van der Waals surface area contributed by atoms with Gasteiger partial charge in [-0.1, -0.05) is 60.7 Å². The van der Waals surface area contributed by atoms with Gasteiger partial charge in [-0.25, -0.2) is 9.37 Å². The molecule has 54 heavy (non-hydrogen) atoms. The number of piperidine rings is 1. The summed E-state index contributed by atoms with van der Waals surface area (Å²) in [5.41, 5.74) is 9.18. The van der Waals surface area contributed by atoms with Crippen LogP contribution in [-0.4, -0.2) is 81.1 Å². The quantitative estimate of drug-likeness (QED) is 0.123. The minimum absolute atomic E-state index is 0.212. The van der Waals surface area contributed by atoms with E-state index in [-0.39, 0.29) is 5.82 Å². The third-order valence-electron chi connectivity index (χ3n) is 10.0. The Bertz CT molecular complexity index is 2030. The first kappa shape index (κ1) is 38.1. The number of methoxy groups -OCH3 is 1. The van der Waals surface area contributed by atoms with Crippen LogP contribution < -0.4 is 19.9 Å². The van der Waals surface area contributed by atoms with Crippen molar-refractivity contribution in [1.29, 1.82) is 5.41 Å². The predicted octanol–water partition coefficient (Wildman–Crippen LogP) is 8.59. The van der Waals surface area contributed by atoms with Crippen molar-refractivity contribution in [2.75, 3.05) is 70.1 Å². The average molecular weight is 726 g/mol. The SMILES string of the molecule is CN(C)c1ccc(C(=N)c2ccc(N(C)C)cc2)cc1.COc1ccc(CCN2CCC(Nc3nc4ccccc4n3Cc3ccc(F)cc3)CC2)cc1. The van der Waals surface area contributed by atoms with Gasteiger partial charge in [0, 0.05) is 76.4 Å². The Morgan fingerprint density at radius 1 is 0.759 bits per heavy atom. The molecule has 0 bridgehead atoms. The fourth-order valence-corrected chi connectivity index (χ4v) is 6.70. The summed E-state index contributed by atoms with van der Waals surface area (Å²) in [4.78, 5) is 11.5. The molecule has 0 radical (unpaired) electrons. The van der Waals surface area contributed by atoms with Gasteiger partial charge in [0.1, 0.15) is 11.6 Å². The fraction of sp³-hybridized carbons (Fsp3) is 0.289. The number of rotatable bonds is 12. The predicted molar refractivity (Wildman–Crippen MR) is 222 cm³/mol. The average Bonchev–Trinajstić information content (AvgIpc) is 3.54. The van der Waals surface area contributed by atoms with Gasteiger partial charge in [0.2, 0.25) is 5.95 Å². The number of fused-ring (bicyclic) bond motifs is 1. The Balaban J connectivity index is 0.000000212. The van der Waals surface area contributed by atoms with Gasteiger partial charge < -0.3 is 29.3 Å². The van der Waals surface area contributed by atoms with E-state index in [1.165, 1.54) is 17.7 Å². The molecule has 1 fully saturated rings. The van der Waals surface area contributed by atoms with Crippen molar-refractivity contribution in [3.63, 3.8) is 0 Å². The van der Waals surface area contributed by atoms with Crippen molar-refractivity contribution in [3.8, 4) is 5.75 Å². The molecule has 0 aliphatic carbocycles. The van der Waals surface area contributed by atoms with Crippen LogP contribution in [0.2, 0.25) is 0 Å². The second-order valence-corrected chi connectivity index (χ2v) is 14.3. The number of para-hydroxylation sites is 2. The van der Waals surface area contributed by atoms with E-state index >= 15 is 0 Å². The third kappa shape index (κ3) is 9.85. The highest BCUT2D eigenvalue weighted by Crippen LogP contribution is 2.25. The van der Waals surface area contributed by atoms with Crippen molar-refractivity contribution < 1.29 is 9.13 Å². The molecule has 2 N–H and O–H groups in total. The molecule has 0 amide bonds. The molecule has 0 saturated carbocycles. The lowest BCUT2D eigenvalue weighted by molar-refractivity contribution is 0.221. The van der Waals surface area contributed by atoms with Gasteiger partial charge in [-0.05, 0) is 91.1 Å². The molecule has 5 aromatic carbocycles. The summed E-state index contributed by atoms with van der Waals surface area (Å²) < 4.78 is 20.8. The van der Waals surface area contributed by atoms with Crippen LogP contribution in [0.1, 0.15) is 35.1 Å². The van der Waals surface area contributed by atoms with E-state index in [1.807, 2.05) is 119 Å². The molecule has 9 heteroatoms. The van der Waals surface area contributed by atoms with Crippen molar-refractivity contribution in [2.24, 2.45) is 0 Å². The topological polar surface area (TPSA) is 72.7 Å². The maximum Gasteiger partial charge on any atom is 0.204 e. The highest BCUT2D eigenvalue weighted by atomic mass is 19.1. The minimum Gasteiger partial charge on any atom is -0.497 e. The van der Waals surface area contributed by atoms with Crippen LogP contribution in [0.15, 0.2) is 121 Å². The fourth-order valence-electron chi connectivity index (χ4n) is 6.70. The normalized spacial score (nSPS) is 13.2. The van der Waals surface area contributed by atoms with Gasteiger partial charge in [-0.3, -0.25) is 5.41 Å². The summed E-state index contributed by atoms with van der Waals surface area (Å²) in [5, 5.41) is 12.0. The van der Waals surface area contributed by atoms with E-state index in [9.17, 15) is 4.39 Å². The molecule has 0 unspecified atom stereocenters. The lowest BCUT2D eigenvalue weighted by Gasteiger charge is -2.32. The zero-order valence-electron chi connectivity index (χ0n) is 32.1. The monoisotopic (exact) mass is 725 g/mol. The minimum atomic E-state index is -0.212. The van der Waals surface area contributed by atoms with E-state index in [4.69, 9.17) is 15.1 Å². The van der Waals surface area contributed by atoms with Crippen molar-refractivity contribution in [3.05, 3.63) is 149 Å². The lowest BCUT2D eigenvalue weighted by atomic mass is 10.0. The second-order valence-electron chi connectivity index (χ2n) is 14.3. The first-order chi connectivity index (χ1) is 26.2. The maximum atomic E-state index is 13.4. The van der Waals surface area contributed by atoms with Crippen LogP contribution in [0, 0.1) is 11.2 Å². The summed E-state index contributed by atoms with van der Waals surface area (Å²) in [7, 11) is 9.76. The number of anilines is 3. The van der Waals surface area contributed by atoms with Crippen molar-refractivity contribution in [2.45, 2.75) is 31.8 Å². The molecule has 1 saturated heterocycles. The Morgan fingerprint density at radius 2 is 1.31 bits per heavy atom. The van der Waals surface area contributed by atoms with Crippen LogP contribution in [0.25, 0.3) is 11.0 Å². The van der Waals surface area contributed by atoms with Gasteiger partial charge in [-0.2, -0.15) is 0 Å². The van der Waals surface area contributed by atoms with Crippen LogP contribution in [0.4, 0.5) is 21.7 Å². The number of nitrogens with zero attached hydrogens (tertiary/aromatic N) is 5. The number of likely N-dealkylation sites (tertiary alicyclic amines) is 1. The molecule has 1 aromatic heterocycles. The zero-order valence-corrected chi connectivity index (χ0v) is 32.1. The van der Waals surface area contributed by atoms with E-state index in [2.05, 4.69) is 42.8 Å². The number of nitrogens with one attached hydrogen (secondary N) is 2. The Labute approximate surface area is 319 Å². The molecular weight excluding hydrogens is 674 g/mol. The molecule has 1 aliphatic rings. The van der Waals surface area contributed by atoms with Gasteiger partial charge in [-0.15, -0.1) is 0 Å². The van der Waals surface area contributed by atoms with Crippen molar-refractivity contribution in [1.82, 2.24) is 14.5 Å². The van der Waals surface area contributed by atoms with E-state index in [1.54, 1.807) is 7.11 Å². The number of halogens is 1. The number of ether oxygens (including phenoxy) is 1. The van der Waals surface area contributed by atoms with Crippen LogP contribution in [-0.2, 0) is 13.0 Å². The highest BCUT2D eigenvalue weighted by Gasteiger charge is 2.21. The molecule has 8 nitrogen and oxygen atoms in total.